The Balaban J connectivity index is 1.26. The zero-order valence-electron chi connectivity index (χ0n) is 28.8. The molecule has 0 atom stereocenters. The molecule has 4 aliphatic rings. The standard InChI is InChI=1S/C38H44F3N7O2/c1-4-24-16-27-33(34(50-22-38(39,40)41)32(24)31-23(3)10-11-29-28(31)17-42-45-29)43-35(25-18-47(19-25)26-8-6-7-9-26)44-36(27)46-14-12-37(13-15-46)20-48(21-37)30(49)5-2/h5,10-11,16-17,25-26H,2,4,6-9,12-15,18-22H2,1,3H3,(H,42,45). The number of aromatic amines is 1. The number of nitrogens with one attached hydrogen (secondary N) is 1. The Morgan fingerprint density at radius 1 is 1.10 bits per heavy atom. The lowest BCUT2D eigenvalue weighted by Crippen LogP contribution is -2.61. The van der Waals surface area contributed by atoms with E-state index in [9.17, 15) is 18.0 Å². The van der Waals surface area contributed by atoms with Crippen molar-refractivity contribution in [3.63, 3.8) is 0 Å². The summed E-state index contributed by atoms with van der Waals surface area (Å²) in [4.78, 5) is 29.2. The summed E-state index contributed by atoms with van der Waals surface area (Å²) in [6.45, 7) is 10.8. The number of anilines is 1. The zero-order chi connectivity index (χ0) is 34.8. The molecule has 1 aliphatic carbocycles. The third-order valence-corrected chi connectivity index (χ3v) is 11.6. The summed E-state index contributed by atoms with van der Waals surface area (Å²) in [6, 6.07) is 6.56. The lowest BCUT2D eigenvalue weighted by Gasteiger charge is -2.54. The van der Waals surface area contributed by atoms with Crippen LogP contribution in [0.25, 0.3) is 32.9 Å². The first kappa shape index (κ1) is 33.0. The molecule has 1 spiro atoms. The summed E-state index contributed by atoms with van der Waals surface area (Å²) >= 11 is 0. The maximum Gasteiger partial charge on any atom is 0.422 e. The minimum Gasteiger partial charge on any atom is -0.481 e. The number of hydrogen-bond acceptors (Lipinski definition) is 7. The Hall–Kier alpha value is -4.19. The van der Waals surface area contributed by atoms with Crippen LogP contribution >= 0.6 is 0 Å². The van der Waals surface area contributed by atoms with E-state index in [4.69, 9.17) is 14.7 Å². The molecule has 264 valence electrons. The molecule has 0 radical (unpaired) electrons. The molecule has 4 fully saturated rings. The van der Waals surface area contributed by atoms with E-state index in [0.29, 0.717) is 34.8 Å². The number of likely N-dealkylation sites (tertiary alicyclic amines) is 2. The van der Waals surface area contributed by atoms with E-state index in [0.717, 1.165) is 85.5 Å². The van der Waals surface area contributed by atoms with Crippen molar-refractivity contribution in [2.75, 3.05) is 50.8 Å². The number of H-pyrrole nitrogens is 1. The number of piperidine rings is 1. The van der Waals surface area contributed by atoms with Crippen molar-refractivity contribution in [1.82, 2.24) is 30.0 Å². The van der Waals surface area contributed by atoms with Crippen LogP contribution in [0.2, 0.25) is 0 Å². The van der Waals surface area contributed by atoms with Crippen LogP contribution in [0.4, 0.5) is 19.0 Å². The Morgan fingerprint density at radius 3 is 2.52 bits per heavy atom. The fraction of sp³-hybridized carbons (Fsp3) is 0.526. The van der Waals surface area contributed by atoms with Crippen molar-refractivity contribution >= 4 is 33.5 Å². The van der Waals surface area contributed by atoms with Crippen LogP contribution in [-0.4, -0.2) is 94.0 Å². The second-order valence-electron chi connectivity index (χ2n) is 14.9. The first-order valence-corrected chi connectivity index (χ1v) is 18.0. The second kappa shape index (κ2) is 12.5. The average molecular weight is 688 g/mol. The largest absolute Gasteiger partial charge is 0.481 e. The molecule has 1 N–H and O–H groups in total. The number of rotatable bonds is 8. The Bertz CT molecular complexity index is 1950. The number of fused-ring (bicyclic) bond motifs is 2. The molecule has 2 aromatic heterocycles. The molecular formula is C38H44F3N7O2. The van der Waals surface area contributed by atoms with Crippen LogP contribution in [0, 0.1) is 12.3 Å². The van der Waals surface area contributed by atoms with Gasteiger partial charge in [-0.3, -0.25) is 14.8 Å². The number of amides is 1. The lowest BCUT2D eigenvalue weighted by molar-refractivity contribution is -0.153. The molecule has 3 aliphatic heterocycles. The van der Waals surface area contributed by atoms with Gasteiger partial charge < -0.3 is 14.5 Å². The van der Waals surface area contributed by atoms with Gasteiger partial charge in [0, 0.05) is 73.0 Å². The van der Waals surface area contributed by atoms with Gasteiger partial charge in [0.15, 0.2) is 12.4 Å². The van der Waals surface area contributed by atoms with Gasteiger partial charge >= 0.3 is 6.18 Å². The fourth-order valence-electron chi connectivity index (χ4n) is 8.82. The van der Waals surface area contributed by atoms with Gasteiger partial charge in [0.1, 0.15) is 17.2 Å². The van der Waals surface area contributed by atoms with E-state index in [1.807, 2.05) is 30.9 Å². The van der Waals surface area contributed by atoms with Crippen molar-refractivity contribution in [1.29, 1.82) is 0 Å². The van der Waals surface area contributed by atoms with Crippen LogP contribution < -0.4 is 9.64 Å². The molecule has 0 bridgehead atoms. The Kier molecular flexibility index (Phi) is 8.27. The summed E-state index contributed by atoms with van der Waals surface area (Å²) in [5, 5.41) is 8.82. The number of carbonyl (C=O) groups is 1. The van der Waals surface area contributed by atoms with Crippen LogP contribution in [0.5, 0.6) is 5.75 Å². The average Bonchev–Trinajstić information content (AvgIpc) is 3.77. The van der Waals surface area contributed by atoms with Gasteiger partial charge in [-0.1, -0.05) is 32.4 Å². The highest BCUT2D eigenvalue weighted by molar-refractivity contribution is 6.05. The first-order valence-electron chi connectivity index (χ1n) is 18.0. The number of hydrogen-bond donors (Lipinski definition) is 1. The topological polar surface area (TPSA) is 90.5 Å². The van der Waals surface area contributed by atoms with Crippen LogP contribution in [-0.2, 0) is 11.2 Å². The monoisotopic (exact) mass is 687 g/mol. The quantitative estimate of drug-likeness (QED) is 0.201. The number of ether oxygens (including phenoxy) is 1. The maximum atomic E-state index is 14.0. The highest BCUT2D eigenvalue weighted by Crippen LogP contribution is 2.48. The van der Waals surface area contributed by atoms with E-state index >= 15 is 0 Å². The number of aromatic nitrogens is 4. The van der Waals surface area contributed by atoms with E-state index in [2.05, 4.69) is 32.6 Å². The van der Waals surface area contributed by atoms with Crippen molar-refractivity contribution in [2.45, 2.75) is 76.9 Å². The summed E-state index contributed by atoms with van der Waals surface area (Å²) < 4.78 is 47.8. The summed E-state index contributed by atoms with van der Waals surface area (Å²) in [5.41, 5.74) is 4.50. The molecule has 3 saturated heterocycles. The minimum atomic E-state index is -4.54. The highest BCUT2D eigenvalue weighted by atomic mass is 19.4. The second-order valence-corrected chi connectivity index (χ2v) is 14.9. The molecule has 0 unspecified atom stereocenters. The van der Waals surface area contributed by atoms with E-state index in [-0.39, 0.29) is 23.0 Å². The fourth-order valence-corrected chi connectivity index (χ4v) is 8.82. The Labute approximate surface area is 289 Å². The molecule has 4 aromatic rings. The van der Waals surface area contributed by atoms with Gasteiger partial charge in [0.2, 0.25) is 5.91 Å². The van der Waals surface area contributed by atoms with Gasteiger partial charge in [-0.15, -0.1) is 0 Å². The number of benzene rings is 2. The summed E-state index contributed by atoms with van der Waals surface area (Å²) in [7, 11) is 0. The molecule has 50 heavy (non-hydrogen) atoms. The van der Waals surface area contributed by atoms with Crippen LogP contribution in [0.15, 0.2) is 37.1 Å². The van der Waals surface area contributed by atoms with Crippen molar-refractivity contribution in [2.24, 2.45) is 5.41 Å². The zero-order valence-corrected chi connectivity index (χ0v) is 28.8. The van der Waals surface area contributed by atoms with Gasteiger partial charge in [-0.2, -0.15) is 18.3 Å². The van der Waals surface area contributed by atoms with E-state index < -0.39 is 12.8 Å². The number of alkyl halides is 3. The number of halogens is 3. The van der Waals surface area contributed by atoms with Crippen molar-refractivity contribution < 1.29 is 22.7 Å². The van der Waals surface area contributed by atoms with E-state index in [1.54, 1.807) is 6.20 Å². The van der Waals surface area contributed by atoms with Gasteiger partial charge in [0.25, 0.3) is 0 Å². The molecule has 9 nitrogen and oxygen atoms in total. The van der Waals surface area contributed by atoms with Crippen molar-refractivity contribution in [3.8, 4) is 16.9 Å². The normalized spacial score (nSPS) is 20.1. The maximum absolute atomic E-state index is 14.0. The van der Waals surface area contributed by atoms with Gasteiger partial charge in [0.05, 0.1) is 11.7 Å². The summed E-state index contributed by atoms with van der Waals surface area (Å²) in [6.07, 6.45) is 5.84. The van der Waals surface area contributed by atoms with E-state index in [1.165, 1.54) is 31.8 Å². The van der Waals surface area contributed by atoms with Crippen molar-refractivity contribution in [3.05, 3.63) is 54.0 Å². The Morgan fingerprint density at radius 2 is 1.84 bits per heavy atom. The third kappa shape index (κ3) is 5.78. The van der Waals surface area contributed by atoms with Crippen LogP contribution in [0.3, 0.4) is 0 Å². The third-order valence-electron chi connectivity index (χ3n) is 11.6. The van der Waals surface area contributed by atoms with Gasteiger partial charge in [-0.05, 0) is 73.9 Å². The number of carbonyl (C=O) groups excluding carboxylic acids is 1. The molecule has 12 heteroatoms. The van der Waals surface area contributed by atoms with Gasteiger partial charge in [-0.25, -0.2) is 9.97 Å². The SMILES string of the molecule is C=CC(=O)N1CC2(CCN(c3nc(C4CN(C5CCCC5)C4)nc4c(OCC(F)(F)F)c(-c5c(C)ccc6[nH]ncc56)c(CC)cc34)CC2)C1. The molecule has 8 rings (SSSR count). The first-order chi connectivity index (χ1) is 24.1. The number of nitrogens with zero attached hydrogens (tertiary/aromatic N) is 6. The molecule has 5 heterocycles. The highest BCUT2D eigenvalue weighted by Gasteiger charge is 2.47. The molecule has 2 aromatic carbocycles. The smallest absolute Gasteiger partial charge is 0.422 e. The lowest BCUT2D eigenvalue weighted by atomic mass is 9.72. The molecular weight excluding hydrogens is 643 g/mol. The van der Waals surface area contributed by atoms with Crippen LogP contribution in [0.1, 0.15) is 68.3 Å². The summed E-state index contributed by atoms with van der Waals surface area (Å²) in [5.74, 6) is 1.63. The molecule has 1 saturated carbocycles. The number of aryl methyl sites for hydroxylation is 2. The molecule has 1 amide bonds. The minimum absolute atomic E-state index is 0.0349. The predicted octanol–water partition coefficient (Wildman–Crippen LogP) is 6.94. The predicted molar refractivity (Wildman–Crippen MR) is 188 cm³/mol.